The molecule has 4 nitrogen and oxygen atoms in total. The first-order chi connectivity index (χ1) is 10.0. The van der Waals surface area contributed by atoms with Crippen molar-refractivity contribution in [1.29, 1.82) is 5.26 Å². The molecule has 0 aromatic heterocycles. The van der Waals surface area contributed by atoms with Gasteiger partial charge in [-0.05, 0) is 24.3 Å². The molecule has 0 radical (unpaired) electrons. The van der Waals surface area contributed by atoms with Crippen molar-refractivity contribution in [3.05, 3.63) is 64.7 Å². The van der Waals surface area contributed by atoms with E-state index in [-0.39, 0.29) is 29.0 Å². The monoisotopic (exact) mass is 289 g/mol. The Labute approximate surface area is 118 Å². The molecule has 2 aromatic rings. The van der Waals surface area contributed by atoms with Gasteiger partial charge in [-0.25, -0.2) is 13.6 Å². The van der Waals surface area contributed by atoms with Crippen LogP contribution in [0.2, 0.25) is 0 Å². The summed E-state index contributed by atoms with van der Waals surface area (Å²) >= 11 is 0. The van der Waals surface area contributed by atoms with Crippen LogP contribution in [0.5, 0.6) is 5.75 Å². The number of halogens is 2. The lowest BCUT2D eigenvalue weighted by Crippen LogP contribution is -2.05. The molecule has 0 unspecified atom stereocenters. The lowest BCUT2D eigenvalue weighted by molar-refractivity contribution is 0.0691. The van der Waals surface area contributed by atoms with Crippen LogP contribution in [-0.2, 0) is 6.61 Å². The molecule has 0 aliphatic rings. The molecule has 2 aromatic carbocycles. The van der Waals surface area contributed by atoms with E-state index in [2.05, 4.69) is 0 Å². The van der Waals surface area contributed by atoms with E-state index < -0.39 is 17.6 Å². The second-order valence-corrected chi connectivity index (χ2v) is 4.15. The van der Waals surface area contributed by atoms with Crippen LogP contribution in [0.3, 0.4) is 0 Å². The fourth-order valence-electron chi connectivity index (χ4n) is 1.68. The van der Waals surface area contributed by atoms with E-state index in [4.69, 9.17) is 15.1 Å². The molecule has 0 aliphatic heterocycles. The summed E-state index contributed by atoms with van der Waals surface area (Å²) in [4.78, 5) is 11.0. The molecule has 0 spiro atoms. The maximum absolute atomic E-state index is 13.7. The van der Waals surface area contributed by atoms with Gasteiger partial charge >= 0.3 is 5.97 Å². The summed E-state index contributed by atoms with van der Waals surface area (Å²) in [6.45, 7) is -0.277. The van der Waals surface area contributed by atoms with Gasteiger partial charge in [0.15, 0.2) is 0 Å². The highest BCUT2D eigenvalue weighted by Gasteiger charge is 2.13. The van der Waals surface area contributed by atoms with E-state index in [9.17, 15) is 13.6 Å². The Morgan fingerprint density at radius 2 is 2.00 bits per heavy atom. The van der Waals surface area contributed by atoms with Crippen LogP contribution in [-0.4, -0.2) is 11.1 Å². The van der Waals surface area contributed by atoms with E-state index in [1.54, 1.807) is 6.07 Å². The molecule has 0 aliphatic carbocycles. The molecule has 106 valence electrons. The maximum Gasteiger partial charge on any atom is 0.339 e. The van der Waals surface area contributed by atoms with Gasteiger partial charge in [0.05, 0.1) is 11.6 Å². The minimum absolute atomic E-state index is 0.134. The quantitative estimate of drug-likeness (QED) is 0.938. The molecule has 1 N–H and O–H groups in total. The number of aromatic carboxylic acids is 1. The first kappa shape index (κ1) is 14.5. The summed E-state index contributed by atoms with van der Waals surface area (Å²) in [7, 11) is 0. The minimum Gasteiger partial charge on any atom is -0.488 e. The van der Waals surface area contributed by atoms with Gasteiger partial charge in [-0.2, -0.15) is 5.26 Å². The SMILES string of the molecule is N#Cc1ccc(COc2cc(F)ccc2C(=O)O)c(F)c1. The summed E-state index contributed by atoms with van der Waals surface area (Å²) in [5, 5.41) is 17.6. The molecular weight excluding hydrogens is 280 g/mol. The Morgan fingerprint density at radius 3 is 2.62 bits per heavy atom. The number of hydrogen-bond donors (Lipinski definition) is 1. The van der Waals surface area contributed by atoms with Gasteiger partial charge in [0.1, 0.15) is 29.6 Å². The third-order valence-electron chi connectivity index (χ3n) is 2.74. The van der Waals surface area contributed by atoms with Crippen LogP contribution < -0.4 is 4.74 Å². The number of carboxylic acid groups (broad SMARTS) is 1. The van der Waals surface area contributed by atoms with Gasteiger partial charge in [-0.3, -0.25) is 0 Å². The highest BCUT2D eigenvalue weighted by Crippen LogP contribution is 2.22. The smallest absolute Gasteiger partial charge is 0.339 e. The summed E-state index contributed by atoms with van der Waals surface area (Å²) < 4.78 is 32.0. The number of benzene rings is 2. The number of ether oxygens (including phenoxy) is 1. The predicted octanol–water partition coefficient (Wildman–Crippen LogP) is 3.11. The second-order valence-electron chi connectivity index (χ2n) is 4.15. The number of nitrogens with zero attached hydrogens (tertiary/aromatic N) is 1. The van der Waals surface area contributed by atoms with Gasteiger partial charge in [0.2, 0.25) is 0 Å². The topological polar surface area (TPSA) is 70.3 Å². The van der Waals surface area contributed by atoms with Crippen LogP contribution in [0.4, 0.5) is 8.78 Å². The largest absolute Gasteiger partial charge is 0.488 e. The maximum atomic E-state index is 13.7. The molecule has 0 saturated heterocycles. The molecule has 0 heterocycles. The Morgan fingerprint density at radius 1 is 1.24 bits per heavy atom. The highest BCUT2D eigenvalue weighted by molar-refractivity contribution is 5.90. The lowest BCUT2D eigenvalue weighted by Gasteiger charge is -2.10. The summed E-state index contributed by atoms with van der Waals surface area (Å²) in [6.07, 6.45) is 0. The zero-order chi connectivity index (χ0) is 15.4. The molecular formula is C15H9F2NO3. The van der Waals surface area contributed by atoms with Crippen molar-refractivity contribution >= 4 is 5.97 Å². The minimum atomic E-state index is -1.27. The average molecular weight is 289 g/mol. The summed E-state index contributed by atoms with van der Waals surface area (Å²) in [5.41, 5.74) is 0.0771. The standard InChI is InChI=1S/C15H9F2NO3/c16-11-3-4-12(15(19)20)14(6-11)21-8-10-2-1-9(7-18)5-13(10)17/h1-6H,8H2,(H,19,20). The van der Waals surface area contributed by atoms with Crippen LogP contribution in [0.25, 0.3) is 0 Å². The molecule has 2 rings (SSSR count). The fraction of sp³-hybridized carbons (Fsp3) is 0.0667. The Kier molecular flexibility index (Phi) is 4.14. The van der Waals surface area contributed by atoms with E-state index in [1.807, 2.05) is 0 Å². The lowest BCUT2D eigenvalue weighted by atomic mass is 10.1. The first-order valence-electron chi connectivity index (χ1n) is 5.85. The molecule has 0 bridgehead atoms. The Hall–Kier alpha value is -2.94. The Bertz CT molecular complexity index is 738. The van der Waals surface area contributed by atoms with Crippen molar-refractivity contribution < 1.29 is 23.4 Å². The number of nitriles is 1. The van der Waals surface area contributed by atoms with Crippen LogP contribution in [0, 0.1) is 23.0 Å². The zero-order valence-corrected chi connectivity index (χ0v) is 10.6. The molecule has 6 heteroatoms. The average Bonchev–Trinajstić information content (AvgIpc) is 2.45. The molecule has 21 heavy (non-hydrogen) atoms. The van der Waals surface area contributed by atoms with Crippen LogP contribution in [0.15, 0.2) is 36.4 Å². The van der Waals surface area contributed by atoms with Crippen molar-refractivity contribution in [1.82, 2.24) is 0 Å². The highest BCUT2D eigenvalue weighted by atomic mass is 19.1. The van der Waals surface area contributed by atoms with Gasteiger partial charge in [0, 0.05) is 11.6 Å². The number of carboxylic acids is 1. The number of carbonyl (C=O) groups is 1. The van der Waals surface area contributed by atoms with Gasteiger partial charge in [-0.15, -0.1) is 0 Å². The zero-order valence-electron chi connectivity index (χ0n) is 10.6. The van der Waals surface area contributed by atoms with Crippen LogP contribution in [0.1, 0.15) is 21.5 Å². The molecule has 0 atom stereocenters. The summed E-state index contributed by atoms with van der Waals surface area (Å²) in [6, 6.07) is 8.59. The van der Waals surface area contributed by atoms with E-state index >= 15 is 0 Å². The van der Waals surface area contributed by atoms with Crippen molar-refractivity contribution in [2.75, 3.05) is 0 Å². The fourth-order valence-corrected chi connectivity index (χ4v) is 1.68. The molecule has 0 saturated carbocycles. The molecule has 0 fully saturated rings. The van der Waals surface area contributed by atoms with E-state index in [1.165, 1.54) is 12.1 Å². The second kappa shape index (κ2) is 6.01. The summed E-state index contributed by atoms with van der Waals surface area (Å²) in [5.74, 6) is -2.77. The molecule has 0 amide bonds. The van der Waals surface area contributed by atoms with Crippen molar-refractivity contribution in [2.45, 2.75) is 6.61 Å². The van der Waals surface area contributed by atoms with Crippen LogP contribution >= 0.6 is 0 Å². The third kappa shape index (κ3) is 3.34. The van der Waals surface area contributed by atoms with Crippen molar-refractivity contribution in [2.24, 2.45) is 0 Å². The van der Waals surface area contributed by atoms with Gasteiger partial charge < -0.3 is 9.84 Å². The van der Waals surface area contributed by atoms with Gasteiger partial charge in [0.25, 0.3) is 0 Å². The van der Waals surface area contributed by atoms with E-state index in [0.29, 0.717) is 0 Å². The van der Waals surface area contributed by atoms with Gasteiger partial charge in [-0.1, -0.05) is 6.07 Å². The Balaban J connectivity index is 2.22. The third-order valence-corrected chi connectivity index (χ3v) is 2.74. The van der Waals surface area contributed by atoms with Crippen molar-refractivity contribution in [3.63, 3.8) is 0 Å². The van der Waals surface area contributed by atoms with E-state index in [0.717, 1.165) is 24.3 Å². The first-order valence-corrected chi connectivity index (χ1v) is 5.85. The van der Waals surface area contributed by atoms with Crippen molar-refractivity contribution in [3.8, 4) is 11.8 Å². The number of rotatable bonds is 4. The normalized spacial score (nSPS) is 9.95. The predicted molar refractivity (Wildman–Crippen MR) is 68.8 cm³/mol. The number of hydrogen-bond acceptors (Lipinski definition) is 3.